The summed E-state index contributed by atoms with van der Waals surface area (Å²) in [5, 5.41) is 0.267. The molecular formula is C15H28N2OSi. The van der Waals surface area contributed by atoms with E-state index >= 15 is 0 Å². The first-order chi connectivity index (χ1) is 8.65. The first kappa shape index (κ1) is 16.1. The lowest BCUT2D eigenvalue weighted by Crippen LogP contribution is -2.41. The molecule has 0 spiro atoms. The molecule has 0 aliphatic heterocycles. The quantitative estimate of drug-likeness (QED) is 0.490. The average molecular weight is 280 g/mol. The van der Waals surface area contributed by atoms with Gasteiger partial charge in [0.1, 0.15) is 0 Å². The van der Waals surface area contributed by atoms with Crippen molar-refractivity contribution in [1.82, 2.24) is 0 Å². The summed E-state index contributed by atoms with van der Waals surface area (Å²) in [7, 11) is -1.62. The topological polar surface area (TPSA) is 61.3 Å². The Bertz CT molecular complexity index is 425. The van der Waals surface area contributed by atoms with E-state index in [1.165, 1.54) is 0 Å². The first-order valence-electron chi connectivity index (χ1n) is 6.92. The highest BCUT2D eigenvalue weighted by molar-refractivity contribution is 6.74. The van der Waals surface area contributed by atoms with Gasteiger partial charge in [-0.05, 0) is 42.6 Å². The molecule has 3 nitrogen and oxygen atoms in total. The summed E-state index contributed by atoms with van der Waals surface area (Å²) in [6.07, 6.45) is 1.91. The van der Waals surface area contributed by atoms with Crippen LogP contribution in [-0.4, -0.2) is 14.9 Å². The van der Waals surface area contributed by atoms with Crippen LogP contribution in [0.4, 0.5) is 11.4 Å². The van der Waals surface area contributed by atoms with Crippen LogP contribution >= 0.6 is 0 Å². The number of aryl methyl sites for hydroxylation is 1. The van der Waals surface area contributed by atoms with Crippen LogP contribution in [0.25, 0.3) is 0 Å². The monoisotopic (exact) mass is 280 g/mol. The minimum Gasteiger partial charge on any atom is -0.417 e. The average Bonchev–Trinajstić information content (AvgIpc) is 2.28. The number of hydrogen-bond acceptors (Lipinski definition) is 3. The summed E-state index contributed by atoms with van der Waals surface area (Å²) in [5.74, 6) is 0. The Morgan fingerprint density at radius 1 is 1.16 bits per heavy atom. The van der Waals surface area contributed by atoms with Gasteiger partial charge >= 0.3 is 0 Å². The predicted octanol–water partition coefficient (Wildman–Crippen LogP) is 3.81. The minimum absolute atomic E-state index is 0.267. The Balaban J connectivity index is 2.46. The van der Waals surface area contributed by atoms with E-state index in [4.69, 9.17) is 15.9 Å². The van der Waals surface area contributed by atoms with Crippen molar-refractivity contribution in [2.75, 3.05) is 18.1 Å². The largest absolute Gasteiger partial charge is 0.417 e. The van der Waals surface area contributed by atoms with E-state index in [0.717, 1.165) is 30.7 Å². The lowest BCUT2D eigenvalue weighted by Gasteiger charge is -2.36. The van der Waals surface area contributed by atoms with Crippen molar-refractivity contribution in [3.8, 4) is 0 Å². The van der Waals surface area contributed by atoms with Crippen molar-refractivity contribution in [3.63, 3.8) is 0 Å². The molecule has 4 heteroatoms. The van der Waals surface area contributed by atoms with Crippen LogP contribution in [0.1, 0.15) is 32.8 Å². The summed E-state index contributed by atoms with van der Waals surface area (Å²) in [6.45, 7) is 12.1. The third-order valence-electron chi connectivity index (χ3n) is 4.09. The molecular weight excluding hydrogens is 252 g/mol. The Hall–Kier alpha value is -1.00. The maximum Gasteiger partial charge on any atom is 0.191 e. The third kappa shape index (κ3) is 4.25. The van der Waals surface area contributed by atoms with Gasteiger partial charge in [0, 0.05) is 6.61 Å². The van der Waals surface area contributed by atoms with Gasteiger partial charge in [0.2, 0.25) is 0 Å². The first-order valence-corrected chi connectivity index (χ1v) is 9.83. The fourth-order valence-corrected chi connectivity index (χ4v) is 2.75. The molecule has 0 aliphatic rings. The number of para-hydroxylation sites is 1. The van der Waals surface area contributed by atoms with Crippen molar-refractivity contribution in [1.29, 1.82) is 0 Å². The number of nitrogens with two attached hydrogens (primary N) is 2. The van der Waals surface area contributed by atoms with Gasteiger partial charge < -0.3 is 15.9 Å². The molecule has 19 heavy (non-hydrogen) atoms. The lowest BCUT2D eigenvalue weighted by molar-refractivity contribution is 0.282. The van der Waals surface area contributed by atoms with E-state index in [1.54, 1.807) is 0 Å². The molecule has 0 fully saturated rings. The van der Waals surface area contributed by atoms with E-state index in [0.29, 0.717) is 5.69 Å². The van der Waals surface area contributed by atoms with E-state index in [2.05, 4.69) is 33.9 Å². The molecule has 0 unspecified atom stereocenters. The number of nitrogen functional groups attached to an aromatic ring is 2. The third-order valence-corrected chi connectivity index (χ3v) is 8.63. The van der Waals surface area contributed by atoms with E-state index < -0.39 is 8.32 Å². The fourth-order valence-electron chi connectivity index (χ4n) is 1.66. The molecule has 1 aromatic carbocycles. The van der Waals surface area contributed by atoms with Gasteiger partial charge in [0.15, 0.2) is 8.32 Å². The Morgan fingerprint density at radius 3 is 2.37 bits per heavy atom. The van der Waals surface area contributed by atoms with E-state index in [-0.39, 0.29) is 5.04 Å². The molecule has 0 aromatic heterocycles. The molecule has 4 N–H and O–H groups in total. The van der Waals surface area contributed by atoms with Crippen LogP contribution in [0.15, 0.2) is 18.2 Å². The van der Waals surface area contributed by atoms with Crippen molar-refractivity contribution < 1.29 is 4.43 Å². The highest BCUT2D eigenvalue weighted by Crippen LogP contribution is 2.36. The standard InChI is InChI=1S/C15H28N2OSi/c1-15(2,3)19(4,5)18-11-7-9-12-8-6-10-13(16)14(12)17/h6,8,10H,7,9,11,16-17H2,1-5H3. The van der Waals surface area contributed by atoms with E-state index in [1.807, 2.05) is 18.2 Å². The van der Waals surface area contributed by atoms with Crippen LogP contribution in [-0.2, 0) is 10.8 Å². The maximum absolute atomic E-state index is 6.15. The minimum atomic E-state index is -1.62. The molecule has 108 valence electrons. The van der Waals surface area contributed by atoms with Crippen molar-refractivity contribution in [3.05, 3.63) is 23.8 Å². The number of benzene rings is 1. The van der Waals surface area contributed by atoms with Gasteiger partial charge in [-0.25, -0.2) is 0 Å². The summed E-state index contributed by atoms with van der Waals surface area (Å²) in [5.41, 5.74) is 14.3. The van der Waals surface area contributed by atoms with Gasteiger partial charge in [-0.15, -0.1) is 0 Å². The molecule has 0 bridgehead atoms. The molecule has 0 amide bonds. The second-order valence-electron chi connectivity index (χ2n) is 6.63. The van der Waals surface area contributed by atoms with Gasteiger partial charge in [-0.1, -0.05) is 32.9 Å². The summed E-state index contributed by atoms with van der Waals surface area (Å²) >= 11 is 0. The summed E-state index contributed by atoms with van der Waals surface area (Å²) in [4.78, 5) is 0. The Morgan fingerprint density at radius 2 is 1.79 bits per heavy atom. The van der Waals surface area contributed by atoms with Gasteiger partial charge in [0.25, 0.3) is 0 Å². The second kappa shape index (κ2) is 5.97. The highest BCUT2D eigenvalue weighted by atomic mass is 28.4. The van der Waals surface area contributed by atoms with Crippen molar-refractivity contribution in [2.45, 2.75) is 51.7 Å². The zero-order valence-corrected chi connectivity index (χ0v) is 13.9. The fraction of sp³-hybridized carbons (Fsp3) is 0.600. The Kier molecular flexibility index (Phi) is 5.04. The highest BCUT2D eigenvalue weighted by Gasteiger charge is 2.36. The van der Waals surface area contributed by atoms with Crippen LogP contribution in [0.3, 0.4) is 0 Å². The van der Waals surface area contributed by atoms with Crippen LogP contribution in [0.5, 0.6) is 0 Å². The van der Waals surface area contributed by atoms with Crippen molar-refractivity contribution >= 4 is 19.7 Å². The smallest absolute Gasteiger partial charge is 0.191 e. The van der Waals surface area contributed by atoms with E-state index in [9.17, 15) is 0 Å². The maximum atomic E-state index is 6.15. The molecule has 0 radical (unpaired) electrons. The normalized spacial score (nSPS) is 12.7. The Labute approximate surface area is 118 Å². The summed E-state index contributed by atoms with van der Waals surface area (Å²) < 4.78 is 6.15. The summed E-state index contributed by atoms with van der Waals surface area (Å²) in [6, 6.07) is 5.83. The molecule has 1 aromatic rings. The zero-order chi connectivity index (χ0) is 14.7. The molecule has 1 rings (SSSR count). The number of rotatable bonds is 5. The number of hydrogen-bond donors (Lipinski definition) is 2. The lowest BCUT2D eigenvalue weighted by atomic mass is 10.1. The van der Waals surface area contributed by atoms with Crippen molar-refractivity contribution in [2.24, 2.45) is 0 Å². The molecule has 0 saturated carbocycles. The van der Waals surface area contributed by atoms with Gasteiger partial charge in [0.05, 0.1) is 11.4 Å². The van der Waals surface area contributed by atoms with Gasteiger partial charge in [-0.3, -0.25) is 0 Å². The van der Waals surface area contributed by atoms with Crippen LogP contribution in [0.2, 0.25) is 18.1 Å². The predicted molar refractivity (Wildman–Crippen MR) is 86.7 cm³/mol. The van der Waals surface area contributed by atoms with Crippen LogP contribution < -0.4 is 11.5 Å². The molecule has 0 atom stereocenters. The molecule has 0 aliphatic carbocycles. The number of anilines is 2. The van der Waals surface area contributed by atoms with Gasteiger partial charge in [-0.2, -0.15) is 0 Å². The van der Waals surface area contributed by atoms with Crippen LogP contribution in [0, 0.1) is 0 Å². The molecule has 0 saturated heterocycles. The second-order valence-corrected chi connectivity index (χ2v) is 11.4. The zero-order valence-electron chi connectivity index (χ0n) is 12.9. The molecule has 0 heterocycles. The SMILES string of the molecule is CC(C)(C)[Si](C)(C)OCCCc1cccc(N)c1N.